The minimum atomic E-state index is -0.563. The summed E-state index contributed by atoms with van der Waals surface area (Å²) in [6.45, 7) is 4.86. The first-order valence-electron chi connectivity index (χ1n) is 11.3. The van der Waals surface area contributed by atoms with Gasteiger partial charge in [0.25, 0.3) is 5.19 Å². The van der Waals surface area contributed by atoms with E-state index in [1.54, 1.807) is 6.92 Å². The molecule has 2 aromatic carbocycles. The van der Waals surface area contributed by atoms with Crippen molar-refractivity contribution in [3.63, 3.8) is 0 Å². The van der Waals surface area contributed by atoms with E-state index in [1.807, 2.05) is 42.7 Å². The molecule has 0 bridgehead atoms. The molecule has 1 saturated heterocycles. The van der Waals surface area contributed by atoms with Crippen molar-refractivity contribution in [3.8, 4) is 10.9 Å². The number of furan rings is 1. The maximum atomic E-state index is 11.5. The van der Waals surface area contributed by atoms with Crippen molar-refractivity contribution in [1.29, 1.82) is 0 Å². The van der Waals surface area contributed by atoms with Crippen LogP contribution in [0.5, 0.6) is 10.9 Å². The van der Waals surface area contributed by atoms with Gasteiger partial charge in [-0.1, -0.05) is 23.5 Å². The number of fused-ring (bicyclic) bond motifs is 2. The Balaban J connectivity index is 1.16. The Morgan fingerprint density at radius 1 is 1.21 bits per heavy atom. The topological polar surface area (TPSA) is 74.0 Å². The Hall–Kier alpha value is -3.10. The normalized spacial score (nSPS) is 15.2. The Morgan fingerprint density at radius 2 is 2.06 bits per heavy atom. The van der Waals surface area contributed by atoms with E-state index in [2.05, 4.69) is 16.0 Å². The fourth-order valence-corrected chi connectivity index (χ4v) is 4.97. The number of piperidine rings is 1. The minimum Gasteiger partial charge on any atom is -0.464 e. The average molecular weight is 467 g/mol. The van der Waals surface area contributed by atoms with Crippen LogP contribution < -0.4 is 4.74 Å². The maximum Gasteiger partial charge on any atom is 0.508 e. The number of para-hydroxylation sites is 1. The molecule has 172 valence electrons. The molecule has 0 atom stereocenters. The Kier molecular flexibility index (Phi) is 6.46. The molecule has 4 aromatic rings. The summed E-state index contributed by atoms with van der Waals surface area (Å²) in [4.78, 5) is 18.4. The number of hydrogen-bond donors (Lipinski definition) is 0. The van der Waals surface area contributed by atoms with Crippen molar-refractivity contribution in [2.45, 2.75) is 32.3 Å². The molecule has 8 heteroatoms. The van der Waals surface area contributed by atoms with Crippen LogP contribution in [0.2, 0.25) is 0 Å². The summed E-state index contributed by atoms with van der Waals surface area (Å²) < 4.78 is 23.1. The lowest BCUT2D eigenvalue weighted by molar-refractivity contribution is 0.00214. The Labute approximate surface area is 195 Å². The van der Waals surface area contributed by atoms with Gasteiger partial charge in [0.2, 0.25) is 0 Å². The largest absolute Gasteiger partial charge is 0.508 e. The number of aromatic nitrogens is 1. The summed E-state index contributed by atoms with van der Waals surface area (Å²) in [5.41, 5.74) is 2.93. The van der Waals surface area contributed by atoms with Gasteiger partial charge in [0.1, 0.15) is 17.4 Å². The van der Waals surface area contributed by atoms with Gasteiger partial charge in [-0.2, -0.15) is 0 Å². The third-order valence-electron chi connectivity index (χ3n) is 5.86. The van der Waals surface area contributed by atoms with Crippen LogP contribution in [-0.4, -0.2) is 48.4 Å². The molecule has 0 N–H and O–H groups in total. The molecule has 0 amide bonds. The summed E-state index contributed by atoms with van der Waals surface area (Å²) in [6.07, 6.45) is 3.78. The fourth-order valence-electron chi connectivity index (χ4n) is 4.13. The molecule has 0 saturated carbocycles. The first kappa shape index (κ1) is 21.7. The van der Waals surface area contributed by atoms with Crippen LogP contribution in [0.3, 0.4) is 0 Å². The van der Waals surface area contributed by atoms with Crippen molar-refractivity contribution in [1.82, 2.24) is 9.88 Å². The molecule has 0 spiro atoms. The molecule has 3 heterocycles. The van der Waals surface area contributed by atoms with E-state index in [0.29, 0.717) is 17.6 Å². The van der Waals surface area contributed by atoms with Gasteiger partial charge >= 0.3 is 6.16 Å². The summed E-state index contributed by atoms with van der Waals surface area (Å²) in [5.74, 6) is 0.714. The summed E-state index contributed by atoms with van der Waals surface area (Å²) in [6, 6.07) is 13.9. The third kappa shape index (κ3) is 5.12. The van der Waals surface area contributed by atoms with E-state index >= 15 is 0 Å². The first-order chi connectivity index (χ1) is 16.2. The molecule has 33 heavy (non-hydrogen) atoms. The van der Waals surface area contributed by atoms with Crippen molar-refractivity contribution in [2.75, 3.05) is 26.2 Å². The van der Waals surface area contributed by atoms with Crippen molar-refractivity contribution < 1.29 is 23.4 Å². The van der Waals surface area contributed by atoms with Crippen LogP contribution in [0.15, 0.2) is 53.1 Å². The van der Waals surface area contributed by atoms with Gasteiger partial charge < -0.3 is 23.5 Å². The zero-order chi connectivity index (χ0) is 22.6. The molecule has 1 aliphatic heterocycles. The highest BCUT2D eigenvalue weighted by atomic mass is 32.1. The third-order valence-corrected chi connectivity index (χ3v) is 6.78. The highest BCUT2D eigenvalue weighted by molar-refractivity contribution is 7.20. The molecule has 7 nitrogen and oxygen atoms in total. The molecule has 2 aromatic heterocycles. The average Bonchev–Trinajstić information content (AvgIpc) is 3.42. The van der Waals surface area contributed by atoms with Gasteiger partial charge in [-0.05, 0) is 56.0 Å². The van der Waals surface area contributed by atoms with Crippen molar-refractivity contribution >= 4 is 38.7 Å². The van der Waals surface area contributed by atoms with Gasteiger partial charge in [-0.25, -0.2) is 9.78 Å². The monoisotopic (exact) mass is 466 g/mol. The Morgan fingerprint density at radius 3 is 2.88 bits per heavy atom. The van der Waals surface area contributed by atoms with E-state index in [-0.39, 0.29) is 6.10 Å². The van der Waals surface area contributed by atoms with Crippen molar-refractivity contribution in [3.05, 3.63) is 54.3 Å². The molecule has 1 aliphatic rings. The van der Waals surface area contributed by atoms with Gasteiger partial charge in [0.05, 0.1) is 23.1 Å². The van der Waals surface area contributed by atoms with E-state index < -0.39 is 6.16 Å². The number of thiazole rings is 1. The lowest BCUT2D eigenvalue weighted by atomic mass is 10.1. The highest BCUT2D eigenvalue weighted by Crippen LogP contribution is 2.33. The summed E-state index contributed by atoms with van der Waals surface area (Å²) in [5, 5.41) is 1.73. The number of likely N-dealkylation sites (tertiary alicyclic amines) is 1. The highest BCUT2D eigenvalue weighted by Gasteiger charge is 2.23. The molecule has 5 rings (SSSR count). The number of hydrogen-bond acceptors (Lipinski definition) is 8. The van der Waals surface area contributed by atoms with Crippen LogP contribution in [0.1, 0.15) is 25.3 Å². The molecular formula is C25H26N2O5S. The molecule has 0 unspecified atom stereocenters. The van der Waals surface area contributed by atoms with Crippen molar-refractivity contribution in [2.24, 2.45) is 0 Å². The number of benzene rings is 2. The van der Waals surface area contributed by atoms with E-state index in [1.165, 1.54) is 16.9 Å². The van der Waals surface area contributed by atoms with Crippen LogP contribution in [-0.2, 0) is 15.9 Å². The molecule has 1 fully saturated rings. The zero-order valence-electron chi connectivity index (χ0n) is 18.5. The predicted octanol–water partition coefficient (Wildman–Crippen LogP) is 6.01. The molecule has 0 aliphatic carbocycles. The lowest BCUT2D eigenvalue weighted by Gasteiger charge is -2.31. The fraction of sp³-hybridized carbons (Fsp3) is 0.360. The molecule has 0 radical (unpaired) electrons. The number of nitrogens with zero attached hydrogens (tertiary/aromatic N) is 2. The second-order valence-corrected chi connectivity index (χ2v) is 9.05. The summed E-state index contributed by atoms with van der Waals surface area (Å²) in [7, 11) is 0. The Bertz CT molecular complexity index is 1210. The first-order valence-corrected chi connectivity index (χ1v) is 12.1. The van der Waals surface area contributed by atoms with Crippen LogP contribution in [0, 0.1) is 0 Å². The maximum absolute atomic E-state index is 11.5. The van der Waals surface area contributed by atoms with Gasteiger partial charge in [-0.15, -0.1) is 0 Å². The van der Waals surface area contributed by atoms with Gasteiger partial charge in [-0.3, -0.25) is 0 Å². The number of carbonyl (C=O) groups is 1. The standard InChI is InChI=1S/C25H26N2O5S/c1-2-29-25(28)32-18-10-13-27(14-11-18)12-9-17-16-30-22-15-19(7-8-20(17)22)31-24-26-21-5-3-4-6-23(21)33-24/h3-8,15-16,18H,2,9-14H2,1H3. The van der Waals surface area contributed by atoms with Gasteiger partial charge in [0.15, 0.2) is 0 Å². The summed E-state index contributed by atoms with van der Waals surface area (Å²) >= 11 is 1.53. The second-order valence-electron chi connectivity index (χ2n) is 8.06. The van der Waals surface area contributed by atoms with E-state index in [0.717, 1.165) is 60.1 Å². The van der Waals surface area contributed by atoms with E-state index in [9.17, 15) is 4.79 Å². The van der Waals surface area contributed by atoms with E-state index in [4.69, 9.17) is 18.6 Å². The number of ether oxygens (including phenoxy) is 3. The quantitative estimate of drug-likeness (QED) is 0.309. The smallest absolute Gasteiger partial charge is 0.464 e. The zero-order valence-corrected chi connectivity index (χ0v) is 19.3. The molecular weight excluding hydrogens is 440 g/mol. The minimum absolute atomic E-state index is 0.0519. The number of rotatable bonds is 7. The predicted molar refractivity (Wildman–Crippen MR) is 127 cm³/mol. The lowest BCUT2D eigenvalue weighted by Crippen LogP contribution is -2.38. The van der Waals surface area contributed by atoms with Gasteiger partial charge in [0, 0.05) is 31.1 Å². The van der Waals surface area contributed by atoms with Crippen LogP contribution in [0.4, 0.5) is 4.79 Å². The van der Waals surface area contributed by atoms with Crippen LogP contribution in [0.25, 0.3) is 21.2 Å². The number of carbonyl (C=O) groups excluding carboxylic acids is 1. The SMILES string of the molecule is CCOC(=O)OC1CCN(CCc2coc3cc(Oc4nc5ccccc5s4)ccc23)CC1. The van der Waals surface area contributed by atoms with Crippen LogP contribution >= 0.6 is 11.3 Å². The second kappa shape index (κ2) is 9.80.